The van der Waals surface area contributed by atoms with Crippen molar-refractivity contribution >= 4 is 0 Å². The summed E-state index contributed by atoms with van der Waals surface area (Å²) in [5.74, 6) is 1.56. The lowest BCUT2D eigenvalue weighted by atomic mass is 9.78. The summed E-state index contributed by atoms with van der Waals surface area (Å²) in [5, 5.41) is 0. The van der Waals surface area contributed by atoms with Crippen LogP contribution in [0, 0.1) is 18.8 Å². The molecule has 0 aromatic carbocycles. The first-order valence-corrected chi connectivity index (χ1v) is 10.6. The van der Waals surface area contributed by atoms with E-state index in [2.05, 4.69) is 22.9 Å². The van der Waals surface area contributed by atoms with Crippen molar-refractivity contribution in [2.45, 2.75) is 51.2 Å². The second-order valence-corrected chi connectivity index (χ2v) is 8.83. The van der Waals surface area contributed by atoms with Crippen LogP contribution in [-0.2, 0) is 20.8 Å². The van der Waals surface area contributed by atoms with Crippen LogP contribution in [0.3, 0.4) is 0 Å². The third kappa shape index (κ3) is 5.29. The largest absolute Gasteiger partial charge is 0.381 e. The van der Waals surface area contributed by atoms with Crippen LogP contribution in [0.5, 0.6) is 0 Å². The summed E-state index contributed by atoms with van der Waals surface area (Å²) in [6, 6.07) is 2.15. The van der Waals surface area contributed by atoms with Crippen molar-refractivity contribution in [3.8, 4) is 0 Å². The summed E-state index contributed by atoms with van der Waals surface area (Å²) in [6.07, 6.45) is 9.75. The molecule has 0 radical (unpaired) electrons. The highest BCUT2D eigenvalue weighted by Crippen LogP contribution is 2.38. The van der Waals surface area contributed by atoms with Gasteiger partial charge in [0.15, 0.2) is 0 Å². The van der Waals surface area contributed by atoms with Gasteiger partial charge in [-0.2, -0.15) is 0 Å². The minimum atomic E-state index is 0.133. The van der Waals surface area contributed by atoms with E-state index in [9.17, 15) is 0 Å². The van der Waals surface area contributed by atoms with E-state index in [4.69, 9.17) is 14.2 Å². The Morgan fingerprint density at radius 1 is 1.15 bits per heavy atom. The first kappa shape index (κ1) is 19.3. The molecule has 3 aliphatic rings. The summed E-state index contributed by atoms with van der Waals surface area (Å²) >= 11 is 0. The Labute approximate surface area is 163 Å². The zero-order valence-electron chi connectivity index (χ0n) is 16.7. The zero-order chi connectivity index (χ0) is 18.5. The third-order valence-electron chi connectivity index (χ3n) is 6.35. The Morgan fingerprint density at radius 3 is 2.78 bits per heavy atom. The third-order valence-corrected chi connectivity index (χ3v) is 6.35. The standard InChI is InChI=1S/C22H34N2O3/c1-18-10-21(13-23-12-18)15-26-8-2-19-5-9-27-22(11-19)16-24(17-22)14-20-3-6-25-7-4-20/h10,12-13,19-20H,2-9,11,14-17H2,1H3/t19-/m0/s1. The van der Waals surface area contributed by atoms with Gasteiger partial charge in [0.2, 0.25) is 0 Å². The Kier molecular flexibility index (Phi) is 6.43. The van der Waals surface area contributed by atoms with Crippen molar-refractivity contribution in [2.75, 3.05) is 46.1 Å². The summed E-state index contributed by atoms with van der Waals surface area (Å²) in [4.78, 5) is 6.83. The van der Waals surface area contributed by atoms with Crippen molar-refractivity contribution in [2.24, 2.45) is 11.8 Å². The fourth-order valence-electron chi connectivity index (χ4n) is 4.92. The molecule has 1 aromatic rings. The average Bonchev–Trinajstić information content (AvgIpc) is 2.65. The molecule has 0 aliphatic carbocycles. The van der Waals surface area contributed by atoms with Crippen molar-refractivity contribution in [1.82, 2.24) is 9.88 Å². The van der Waals surface area contributed by atoms with Crippen LogP contribution in [0.25, 0.3) is 0 Å². The molecule has 1 aromatic heterocycles. The van der Waals surface area contributed by atoms with Crippen molar-refractivity contribution in [3.05, 3.63) is 29.6 Å². The maximum absolute atomic E-state index is 6.22. The van der Waals surface area contributed by atoms with E-state index < -0.39 is 0 Å². The van der Waals surface area contributed by atoms with E-state index in [1.165, 1.54) is 43.4 Å². The maximum Gasteiger partial charge on any atom is 0.0937 e. The second kappa shape index (κ2) is 8.99. The van der Waals surface area contributed by atoms with Crippen LogP contribution in [0.2, 0.25) is 0 Å². The molecule has 0 N–H and O–H groups in total. The SMILES string of the molecule is Cc1cncc(COCC[C@H]2CCOC3(C2)CN(CC2CCOCC2)C3)c1. The molecule has 3 saturated heterocycles. The van der Waals surface area contributed by atoms with E-state index in [1.54, 1.807) is 0 Å². The highest BCUT2D eigenvalue weighted by Gasteiger charge is 2.47. The molecule has 1 spiro atoms. The van der Waals surface area contributed by atoms with Crippen LogP contribution in [0.4, 0.5) is 0 Å². The lowest BCUT2D eigenvalue weighted by Gasteiger charge is -2.54. The predicted octanol–water partition coefficient (Wildman–Crippen LogP) is 3.20. The van der Waals surface area contributed by atoms with Crippen LogP contribution in [0.1, 0.15) is 43.2 Å². The fourth-order valence-corrected chi connectivity index (χ4v) is 4.92. The topological polar surface area (TPSA) is 43.8 Å². The number of likely N-dealkylation sites (tertiary alicyclic amines) is 1. The normalized spacial score (nSPS) is 26.2. The molecule has 1 atom stereocenters. The van der Waals surface area contributed by atoms with Gasteiger partial charge in [-0.3, -0.25) is 9.88 Å². The van der Waals surface area contributed by atoms with Crippen LogP contribution in [0.15, 0.2) is 18.5 Å². The summed E-state index contributed by atoms with van der Waals surface area (Å²) < 4.78 is 17.6. The molecular weight excluding hydrogens is 340 g/mol. The minimum Gasteiger partial charge on any atom is -0.381 e. The zero-order valence-corrected chi connectivity index (χ0v) is 16.7. The quantitative estimate of drug-likeness (QED) is 0.686. The van der Waals surface area contributed by atoms with E-state index >= 15 is 0 Å². The second-order valence-electron chi connectivity index (χ2n) is 8.83. The van der Waals surface area contributed by atoms with Gasteiger partial charge < -0.3 is 14.2 Å². The van der Waals surface area contributed by atoms with Crippen LogP contribution < -0.4 is 0 Å². The van der Waals surface area contributed by atoms with Gasteiger partial charge >= 0.3 is 0 Å². The van der Waals surface area contributed by atoms with Crippen LogP contribution >= 0.6 is 0 Å². The Morgan fingerprint density at radius 2 is 1.96 bits per heavy atom. The number of ether oxygens (including phenoxy) is 3. The van der Waals surface area contributed by atoms with Crippen LogP contribution in [-0.4, -0.2) is 61.5 Å². The molecule has 150 valence electrons. The smallest absolute Gasteiger partial charge is 0.0937 e. The molecular formula is C22H34N2O3. The Hall–Kier alpha value is -1.01. The molecule has 3 fully saturated rings. The average molecular weight is 375 g/mol. The predicted molar refractivity (Wildman–Crippen MR) is 105 cm³/mol. The summed E-state index contributed by atoms with van der Waals surface area (Å²) in [6.45, 7) is 9.85. The maximum atomic E-state index is 6.22. The number of aromatic nitrogens is 1. The molecule has 0 saturated carbocycles. The molecule has 4 rings (SSSR count). The summed E-state index contributed by atoms with van der Waals surface area (Å²) in [7, 11) is 0. The van der Waals surface area contributed by atoms with Crippen molar-refractivity contribution in [3.63, 3.8) is 0 Å². The van der Waals surface area contributed by atoms with Gasteiger partial charge in [0.1, 0.15) is 0 Å². The molecule has 0 unspecified atom stereocenters. The van der Waals surface area contributed by atoms with Gasteiger partial charge in [-0.15, -0.1) is 0 Å². The lowest BCUT2D eigenvalue weighted by Crippen LogP contribution is -2.65. The molecule has 3 aliphatic heterocycles. The first-order valence-electron chi connectivity index (χ1n) is 10.6. The van der Waals surface area contributed by atoms with E-state index in [0.717, 1.165) is 57.8 Å². The number of rotatable bonds is 7. The number of hydrogen-bond donors (Lipinski definition) is 0. The van der Waals surface area contributed by atoms with Crippen molar-refractivity contribution in [1.29, 1.82) is 0 Å². The van der Waals surface area contributed by atoms with Gasteiger partial charge in [0.25, 0.3) is 0 Å². The number of nitrogens with zero attached hydrogens (tertiary/aromatic N) is 2. The molecule has 27 heavy (non-hydrogen) atoms. The molecule has 0 amide bonds. The molecule has 0 bridgehead atoms. The van der Waals surface area contributed by atoms with Gasteiger partial charge in [-0.1, -0.05) is 6.07 Å². The van der Waals surface area contributed by atoms with E-state index in [1.807, 2.05) is 12.4 Å². The summed E-state index contributed by atoms with van der Waals surface area (Å²) in [5.41, 5.74) is 2.49. The number of pyridine rings is 1. The van der Waals surface area contributed by atoms with E-state index in [-0.39, 0.29) is 5.60 Å². The number of hydrogen-bond acceptors (Lipinski definition) is 5. The number of aryl methyl sites for hydroxylation is 1. The molecule has 5 nitrogen and oxygen atoms in total. The van der Waals surface area contributed by atoms with Gasteiger partial charge in [0.05, 0.1) is 12.2 Å². The van der Waals surface area contributed by atoms with Gasteiger partial charge in [-0.05, 0) is 62.0 Å². The van der Waals surface area contributed by atoms with Gasteiger partial charge in [0, 0.05) is 58.5 Å². The highest BCUT2D eigenvalue weighted by molar-refractivity contribution is 5.15. The van der Waals surface area contributed by atoms with Crippen molar-refractivity contribution < 1.29 is 14.2 Å². The fraction of sp³-hybridized carbons (Fsp3) is 0.773. The Balaban J connectivity index is 1.15. The van der Waals surface area contributed by atoms with Gasteiger partial charge in [-0.25, -0.2) is 0 Å². The minimum absolute atomic E-state index is 0.133. The highest BCUT2D eigenvalue weighted by atomic mass is 16.5. The monoisotopic (exact) mass is 374 g/mol. The molecule has 4 heterocycles. The lowest BCUT2D eigenvalue weighted by molar-refractivity contribution is -0.183. The first-order chi connectivity index (χ1) is 13.2. The Bertz CT molecular complexity index is 597. The molecule has 5 heteroatoms. The van der Waals surface area contributed by atoms with E-state index in [0.29, 0.717) is 6.61 Å².